The molecular weight excluding hydrogens is 551 g/mol. The van der Waals surface area contributed by atoms with Gasteiger partial charge in [-0.1, -0.05) is 0 Å². The van der Waals surface area contributed by atoms with E-state index < -0.39 is 17.4 Å². The molecule has 0 N–H and O–H groups in total. The first-order valence-electron chi connectivity index (χ1n) is 12.1. The summed E-state index contributed by atoms with van der Waals surface area (Å²) in [6.45, 7) is 21.1. The summed E-state index contributed by atoms with van der Waals surface area (Å²) in [7, 11) is 0. The Balaban J connectivity index is 0.00000204. The molecule has 0 saturated heterocycles. The van der Waals surface area contributed by atoms with E-state index in [9.17, 15) is 0 Å². The van der Waals surface area contributed by atoms with Gasteiger partial charge in [-0.25, -0.2) is 0 Å². The SMILES string of the molecule is CC1=C(C)C(C)[C]([Zr]([CH3])([CH3])(=[SiH2])[CH]2C=C(c3c(C)c(C)cc(C)c3C)c3ccccc32)=C1C.Cl.Cl. The number of allylic oxidation sites excluding steroid dienone is 5. The summed E-state index contributed by atoms with van der Waals surface area (Å²) in [6, 6.07) is 11.6. The van der Waals surface area contributed by atoms with E-state index in [0.29, 0.717) is 9.54 Å². The molecule has 0 saturated carbocycles. The van der Waals surface area contributed by atoms with Gasteiger partial charge in [0.15, 0.2) is 0 Å². The minimum absolute atomic E-state index is 0. The summed E-state index contributed by atoms with van der Waals surface area (Å²) >= 11 is -3.37. The van der Waals surface area contributed by atoms with Gasteiger partial charge in [0.25, 0.3) is 0 Å². The Bertz CT molecular complexity index is 1310. The number of fused-ring (bicyclic) bond motifs is 1. The summed E-state index contributed by atoms with van der Waals surface area (Å²) in [5, 5.41) is 0. The summed E-state index contributed by atoms with van der Waals surface area (Å²) in [4.78, 5) is 0. The summed E-state index contributed by atoms with van der Waals surface area (Å²) in [5.74, 6) is 0.586. The van der Waals surface area contributed by atoms with Crippen LogP contribution in [0.1, 0.15) is 70.3 Å². The Kier molecular flexibility index (Phi) is 8.40. The first-order valence-corrected chi connectivity index (χ1v) is 25.6. The molecule has 0 heterocycles. The van der Waals surface area contributed by atoms with Crippen LogP contribution < -0.4 is 0 Å². The molecule has 2 aliphatic carbocycles. The van der Waals surface area contributed by atoms with Crippen molar-refractivity contribution in [1.82, 2.24) is 0 Å². The largest absolute Gasteiger partial charge is 0.147 e. The molecule has 4 rings (SSSR count). The van der Waals surface area contributed by atoms with Crippen LogP contribution in [0.25, 0.3) is 5.57 Å². The van der Waals surface area contributed by atoms with E-state index in [-0.39, 0.29) is 24.8 Å². The quantitative estimate of drug-likeness (QED) is 0.312. The van der Waals surface area contributed by atoms with Crippen LogP contribution >= 0.6 is 24.8 Å². The number of rotatable bonds is 3. The standard InChI is InChI=1S/C19H19.C9H13.2CH3.2ClH.H2Si.Zr/c1-12-11-13(2)15(4)19(14(12)3)18-10-9-16-7-5-6-8-17(16)18;1-6-5-7(2)9(4)8(6)3;;;;;;/h5-11H,1-4H3;6H,1-4H3;2*1H3;2*1H;1H2;. The molecule has 0 fully saturated rings. The van der Waals surface area contributed by atoms with E-state index in [2.05, 4.69) is 108 Å². The van der Waals surface area contributed by atoms with Gasteiger partial charge in [-0.2, -0.15) is 0 Å². The zero-order valence-electron chi connectivity index (χ0n) is 22.6. The van der Waals surface area contributed by atoms with E-state index in [4.69, 9.17) is 0 Å². The van der Waals surface area contributed by atoms with Crippen LogP contribution in [-0.4, -0.2) is 6.88 Å². The average Bonchev–Trinajstić information content (AvgIpc) is 3.20. The van der Waals surface area contributed by atoms with Crippen molar-refractivity contribution in [1.29, 1.82) is 0 Å². The maximum absolute atomic E-state index is 3.37. The van der Waals surface area contributed by atoms with Crippen molar-refractivity contribution in [2.45, 2.75) is 68.3 Å². The fourth-order valence-corrected chi connectivity index (χ4v) is 25.3. The predicted octanol–water partition coefficient (Wildman–Crippen LogP) is 8.84. The van der Waals surface area contributed by atoms with Gasteiger partial charge in [0.05, 0.1) is 0 Å². The van der Waals surface area contributed by atoms with Gasteiger partial charge in [0.1, 0.15) is 0 Å². The number of halogens is 2. The van der Waals surface area contributed by atoms with Crippen LogP contribution in [0.3, 0.4) is 0 Å². The molecule has 2 atom stereocenters. The molecule has 0 aliphatic heterocycles. The van der Waals surface area contributed by atoms with E-state index in [1.807, 2.05) is 3.28 Å². The van der Waals surface area contributed by atoms with Crippen LogP contribution in [-0.2, 0) is 17.4 Å². The molecule has 2 aromatic rings. The van der Waals surface area contributed by atoms with Gasteiger partial charge in [-0.3, -0.25) is 0 Å². The molecule has 0 nitrogen and oxygen atoms in total. The first-order chi connectivity index (χ1) is 14.8. The summed E-state index contributed by atoms with van der Waals surface area (Å²) < 4.78 is 7.80. The maximum atomic E-state index is 2.71. The second-order valence-corrected chi connectivity index (χ2v) is 41.2. The topological polar surface area (TPSA) is 0 Å². The molecule has 2 aromatic carbocycles. The van der Waals surface area contributed by atoms with Gasteiger partial charge in [0, 0.05) is 0 Å². The van der Waals surface area contributed by atoms with Crippen LogP contribution in [0, 0.1) is 33.6 Å². The Morgan fingerprint density at radius 2 is 1.32 bits per heavy atom. The smallest absolute Gasteiger partial charge is 0.147 e. The minimum atomic E-state index is -3.37. The molecule has 0 amide bonds. The zero-order chi connectivity index (χ0) is 23.8. The molecule has 4 heteroatoms. The molecule has 184 valence electrons. The summed E-state index contributed by atoms with van der Waals surface area (Å²) in [5.41, 5.74) is 16.4. The Morgan fingerprint density at radius 1 is 0.794 bits per heavy atom. The number of hydrogen-bond acceptors (Lipinski definition) is 0. The van der Waals surface area contributed by atoms with E-state index >= 15 is 0 Å². The van der Waals surface area contributed by atoms with Crippen LogP contribution in [0.4, 0.5) is 0 Å². The normalized spacial score (nSPS) is 20.1. The van der Waals surface area contributed by atoms with Crippen molar-refractivity contribution < 1.29 is 17.4 Å². The molecule has 2 aliphatic rings. The number of hydrogen-bond donors (Lipinski definition) is 0. The second kappa shape index (κ2) is 9.66. The van der Waals surface area contributed by atoms with E-state index in [1.54, 1.807) is 22.3 Å². The molecule has 0 radical (unpaired) electrons. The van der Waals surface area contributed by atoms with Crippen molar-refractivity contribution in [3.05, 3.63) is 95.4 Å². The first kappa shape index (κ1) is 29.6. The molecule has 34 heavy (non-hydrogen) atoms. The minimum Gasteiger partial charge on any atom is -0.147 e. The van der Waals surface area contributed by atoms with Crippen LogP contribution in [0.2, 0.25) is 9.26 Å². The molecular formula is C30H42Cl2SiZr. The third-order valence-electron chi connectivity index (χ3n) is 9.08. The van der Waals surface area contributed by atoms with Gasteiger partial charge >= 0.3 is 199 Å². The van der Waals surface area contributed by atoms with Crippen molar-refractivity contribution >= 4 is 37.3 Å². The molecule has 2 unspecified atom stereocenters. The Labute approximate surface area is 222 Å². The van der Waals surface area contributed by atoms with Gasteiger partial charge in [-0.05, 0) is 0 Å². The fourth-order valence-electron chi connectivity index (χ4n) is 6.82. The van der Waals surface area contributed by atoms with Gasteiger partial charge in [0.2, 0.25) is 0 Å². The third-order valence-corrected chi connectivity index (χ3v) is 26.3. The molecule has 0 spiro atoms. The number of aryl methyl sites for hydroxylation is 2. The molecule has 0 bridgehead atoms. The Morgan fingerprint density at radius 3 is 1.82 bits per heavy atom. The Hall–Kier alpha value is -0.660. The number of benzene rings is 2. The third kappa shape index (κ3) is 4.26. The van der Waals surface area contributed by atoms with Gasteiger partial charge in [-0.15, -0.1) is 24.8 Å². The maximum Gasteiger partial charge on any atom is -0.147 e. The summed E-state index contributed by atoms with van der Waals surface area (Å²) in [6.07, 6.45) is 2.70. The van der Waals surface area contributed by atoms with E-state index in [0.717, 1.165) is 0 Å². The van der Waals surface area contributed by atoms with Crippen LogP contribution in [0.5, 0.6) is 0 Å². The average molecular weight is 593 g/mol. The van der Waals surface area contributed by atoms with E-state index in [1.165, 1.54) is 39.0 Å². The second-order valence-electron chi connectivity index (χ2n) is 11.7. The predicted molar refractivity (Wildman–Crippen MR) is 157 cm³/mol. The van der Waals surface area contributed by atoms with Crippen LogP contribution in [0.15, 0.2) is 56.4 Å². The monoisotopic (exact) mass is 590 g/mol. The van der Waals surface area contributed by atoms with Crippen molar-refractivity contribution in [2.24, 2.45) is 5.92 Å². The van der Waals surface area contributed by atoms with Crippen molar-refractivity contribution in [3.63, 3.8) is 0 Å². The molecule has 0 aromatic heterocycles. The van der Waals surface area contributed by atoms with Crippen molar-refractivity contribution in [2.75, 3.05) is 0 Å². The zero-order valence-corrected chi connectivity index (χ0v) is 28.1. The van der Waals surface area contributed by atoms with Crippen molar-refractivity contribution in [3.8, 4) is 0 Å². The van der Waals surface area contributed by atoms with Gasteiger partial charge < -0.3 is 0 Å². The fraction of sp³-hybridized carbons (Fsp3) is 0.400.